The molecule has 1 aromatic carbocycles. The molecule has 0 radical (unpaired) electrons. The Labute approximate surface area is 127 Å². The van der Waals surface area contributed by atoms with Crippen LogP contribution in [0.4, 0.5) is 4.39 Å². The zero-order valence-electron chi connectivity index (χ0n) is 11.9. The van der Waals surface area contributed by atoms with Gasteiger partial charge in [-0.2, -0.15) is 4.98 Å². The topological polar surface area (TPSA) is 42.2 Å². The lowest BCUT2D eigenvalue weighted by Gasteiger charge is -2.21. The van der Waals surface area contributed by atoms with Gasteiger partial charge in [-0.05, 0) is 25.0 Å². The highest BCUT2D eigenvalue weighted by Crippen LogP contribution is 2.31. The fourth-order valence-electron chi connectivity index (χ4n) is 2.32. The Kier molecular flexibility index (Phi) is 4.22. The van der Waals surface area contributed by atoms with Gasteiger partial charge < -0.3 is 4.52 Å². The summed E-state index contributed by atoms with van der Waals surface area (Å²) < 4.78 is 19.1. The van der Waals surface area contributed by atoms with Crippen LogP contribution in [0.5, 0.6) is 0 Å². The molecule has 1 fully saturated rings. The molecule has 0 amide bonds. The molecule has 2 aromatic rings. The van der Waals surface area contributed by atoms with Crippen LogP contribution in [0.15, 0.2) is 22.7 Å². The van der Waals surface area contributed by atoms with Crippen LogP contribution in [0.1, 0.15) is 37.0 Å². The van der Waals surface area contributed by atoms with E-state index >= 15 is 0 Å². The maximum atomic E-state index is 13.9. The van der Waals surface area contributed by atoms with Gasteiger partial charge in [-0.15, -0.1) is 0 Å². The monoisotopic (exact) mass is 309 g/mol. The van der Waals surface area contributed by atoms with Gasteiger partial charge in [0.05, 0.1) is 6.54 Å². The van der Waals surface area contributed by atoms with Crippen molar-refractivity contribution in [1.29, 1.82) is 0 Å². The van der Waals surface area contributed by atoms with Gasteiger partial charge in [0.15, 0.2) is 5.82 Å². The highest BCUT2D eigenvalue weighted by atomic mass is 35.5. The van der Waals surface area contributed by atoms with E-state index in [0.717, 1.165) is 19.3 Å². The predicted molar refractivity (Wildman–Crippen MR) is 77.4 cm³/mol. The molecule has 1 saturated carbocycles. The van der Waals surface area contributed by atoms with Crippen molar-refractivity contribution in [2.75, 3.05) is 0 Å². The second kappa shape index (κ2) is 6.12. The molecule has 1 aromatic heterocycles. The molecule has 0 atom stereocenters. The molecular formula is C15H17ClFN3O. The average molecular weight is 310 g/mol. The molecule has 21 heavy (non-hydrogen) atoms. The molecule has 6 heteroatoms. The van der Waals surface area contributed by atoms with Crippen LogP contribution in [-0.4, -0.2) is 21.1 Å². The van der Waals surface area contributed by atoms with E-state index in [4.69, 9.17) is 16.1 Å². The third-order valence-corrected chi connectivity index (χ3v) is 4.00. The van der Waals surface area contributed by atoms with Crippen LogP contribution in [0.25, 0.3) is 0 Å². The fraction of sp³-hybridized carbons (Fsp3) is 0.467. The van der Waals surface area contributed by atoms with Crippen molar-refractivity contribution in [2.24, 2.45) is 0 Å². The molecule has 0 saturated heterocycles. The molecule has 4 nitrogen and oxygen atoms in total. The first-order valence-electron chi connectivity index (χ1n) is 7.15. The van der Waals surface area contributed by atoms with Crippen LogP contribution in [0.3, 0.4) is 0 Å². The summed E-state index contributed by atoms with van der Waals surface area (Å²) >= 11 is 6.11. The molecule has 0 N–H and O–H groups in total. The van der Waals surface area contributed by atoms with E-state index in [1.807, 2.05) is 6.92 Å². The number of rotatable bonds is 6. The van der Waals surface area contributed by atoms with Gasteiger partial charge in [-0.25, -0.2) is 4.39 Å². The van der Waals surface area contributed by atoms with Gasteiger partial charge in [0.2, 0.25) is 5.89 Å². The van der Waals surface area contributed by atoms with Crippen LogP contribution in [0, 0.1) is 5.82 Å². The maximum Gasteiger partial charge on any atom is 0.226 e. The highest BCUT2D eigenvalue weighted by molar-refractivity contribution is 6.31. The highest BCUT2D eigenvalue weighted by Gasteiger charge is 2.31. The number of aromatic nitrogens is 2. The Hall–Kier alpha value is -1.46. The number of hydrogen-bond donors (Lipinski definition) is 0. The summed E-state index contributed by atoms with van der Waals surface area (Å²) in [6.45, 7) is 2.99. The summed E-state index contributed by atoms with van der Waals surface area (Å²) in [5, 5.41) is 4.43. The first-order valence-corrected chi connectivity index (χ1v) is 7.53. The molecule has 0 spiro atoms. The van der Waals surface area contributed by atoms with E-state index < -0.39 is 0 Å². The minimum absolute atomic E-state index is 0.268. The van der Waals surface area contributed by atoms with E-state index in [2.05, 4.69) is 15.0 Å². The van der Waals surface area contributed by atoms with Gasteiger partial charge in [-0.3, -0.25) is 4.90 Å². The lowest BCUT2D eigenvalue weighted by molar-refractivity contribution is 0.232. The van der Waals surface area contributed by atoms with E-state index in [-0.39, 0.29) is 5.82 Å². The number of benzene rings is 1. The van der Waals surface area contributed by atoms with E-state index in [0.29, 0.717) is 41.4 Å². The average Bonchev–Trinajstić information content (AvgIpc) is 3.22. The zero-order valence-corrected chi connectivity index (χ0v) is 12.6. The molecule has 1 heterocycles. The maximum absolute atomic E-state index is 13.9. The largest absolute Gasteiger partial charge is 0.339 e. The first-order chi connectivity index (χ1) is 10.2. The van der Waals surface area contributed by atoms with Crippen LogP contribution in [-0.2, 0) is 19.5 Å². The summed E-state index contributed by atoms with van der Waals surface area (Å²) in [6.07, 6.45) is 2.95. The zero-order chi connectivity index (χ0) is 14.8. The van der Waals surface area contributed by atoms with Crippen molar-refractivity contribution in [3.8, 4) is 0 Å². The molecule has 1 aliphatic carbocycles. The fourth-order valence-corrected chi connectivity index (χ4v) is 2.54. The summed E-state index contributed by atoms with van der Waals surface area (Å²) in [5.41, 5.74) is 0.533. The molecule has 0 unspecified atom stereocenters. The standard InChI is InChI=1S/C15H17ClFN3O/c1-2-15-18-14(19-21-15)9-20(10-6-7-10)8-11-12(16)4-3-5-13(11)17/h3-5,10H,2,6-9H2,1H3. The van der Waals surface area contributed by atoms with Gasteiger partial charge in [-0.1, -0.05) is 29.7 Å². The van der Waals surface area contributed by atoms with Gasteiger partial charge >= 0.3 is 0 Å². The Morgan fingerprint density at radius 3 is 2.81 bits per heavy atom. The summed E-state index contributed by atoms with van der Waals surface area (Å²) in [5.74, 6) is 1.01. The minimum Gasteiger partial charge on any atom is -0.339 e. The molecule has 0 bridgehead atoms. The summed E-state index contributed by atoms with van der Waals surface area (Å²) in [6, 6.07) is 5.23. The second-order valence-corrected chi connectivity index (χ2v) is 5.70. The lowest BCUT2D eigenvalue weighted by atomic mass is 10.2. The van der Waals surface area contributed by atoms with Gasteiger partial charge in [0.25, 0.3) is 0 Å². The number of hydrogen-bond acceptors (Lipinski definition) is 4. The Morgan fingerprint density at radius 2 is 2.19 bits per heavy atom. The molecule has 1 aliphatic rings. The van der Waals surface area contributed by atoms with Gasteiger partial charge in [0, 0.05) is 29.6 Å². The smallest absolute Gasteiger partial charge is 0.226 e. The van der Waals surface area contributed by atoms with Crippen LogP contribution < -0.4 is 0 Å². The molecule has 3 rings (SSSR count). The van der Waals surface area contributed by atoms with Crippen molar-refractivity contribution >= 4 is 11.6 Å². The van der Waals surface area contributed by atoms with Crippen molar-refractivity contribution in [2.45, 2.75) is 45.3 Å². The van der Waals surface area contributed by atoms with Gasteiger partial charge in [0.1, 0.15) is 5.82 Å². The quantitative estimate of drug-likeness (QED) is 0.818. The third-order valence-electron chi connectivity index (χ3n) is 3.64. The lowest BCUT2D eigenvalue weighted by Crippen LogP contribution is -2.26. The molecular weight excluding hydrogens is 293 g/mol. The molecule has 112 valence electrons. The SMILES string of the molecule is CCc1nc(CN(Cc2c(F)cccc2Cl)C2CC2)no1. The third kappa shape index (κ3) is 3.41. The first kappa shape index (κ1) is 14.5. The van der Waals surface area contributed by atoms with Crippen molar-refractivity contribution in [1.82, 2.24) is 15.0 Å². The summed E-state index contributed by atoms with van der Waals surface area (Å²) in [4.78, 5) is 6.48. The number of nitrogens with zero attached hydrogens (tertiary/aromatic N) is 3. The second-order valence-electron chi connectivity index (χ2n) is 5.29. The number of halogens is 2. The van der Waals surface area contributed by atoms with Crippen molar-refractivity contribution in [3.63, 3.8) is 0 Å². The Bertz CT molecular complexity index is 607. The molecule has 0 aliphatic heterocycles. The van der Waals surface area contributed by atoms with Crippen molar-refractivity contribution in [3.05, 3.63) is 46.3 Å². The van der Waals surface area contributed by atoms with E-state index in [9.17, 15) is 4.39 Å². The van der Waals surface area contributed by atoms with E-state index in [1.165, 1.54) is 6.07 Å². The van der Waals surface area contributed by atoms with Crippen LogP contribution >= 0.6 is 11.6 Å². The van der Waals surface area contributed by atoms with E-state index in [1.54, 1.807) is 12.1 Å². The normalized spacial score (nSPS) is 14.9. The number of aryl methyl sites for hydroxylation is 1. The predicted octanol–water partition coefficient (Wildman–Crippen LogP) is 3.59. The Balaban J connectivity index is 1.76. The summed E-state index contributed by atoms with van der Waals surface area (Å²) in [7, 11) is 0. The van der Waals surface area contributed by atoms with Crippen molar-refractivity contribution < 1.29 is 8.91 Å². The van der Waals surface area contributed by atoms with Crippen LogP contribution in [0.2, 0.25) is 5.02 Å². The Morgan fingerprint density at radius 1 is 1.38 bits per heavy atom. The minimum atomic E-state index is -0.268.